The van der Waals surface area contributed by atoms with E-state index in [0.29, 0.717) is 29.9 Å². The van der Waals surface area contributed by atoms with Crippen LogP contribution < -0.4 is 9.47 Å². The predicted octanol–water partition coefficient (Wildman–Crippen LogP) is 6.67. The first-order valence-electron chi connectivity index (χ1n) is 11.2. The Bertz CT molecular complexity index is 1130. The number of nitrogens with zero attached hydrogens (tertiary/aromatic N) is 1. The van der Waals surface area contributed by atoms with Gasteiger partial charge in [-0.3, -0.25) is 4.98 Å². The Morgan fingerprint density at radius 1 is 1.03 bits per heavy atom. The van der Waals surface area contributed by atoms with Crippen LogP contribution in [0.15, 0.2) is 36.4 Å². The lowest BCUT2D eigenvalue weighted by Gasteiger charge is -2.19. The van der Waals surface area contributed by atoms with Crippen LogP contribution in [0.1, 0.15) is 50.1 Å². The average Bonchev–Trinajstić information content (AvgIpc) is 2.76. The first-order valence-corrected chi connectivity index (χ1v) is 11.2. The number of fused-ring (bicyclic) bond motifs is 1. The molecule has 0 aliphatic rings. The summed E-state index contributed by atoms with van der Waals surface area (Å²) in [5.41, 5.74) is 4.66. The third kappa shape index (κ3) is 5.82. The molecule has 0 spiro atoms. The third-order valence-corrected chi connectivity index (χ3v) is 5.54. The van der Waals surface area contributed by atoms with Gasteiger partial charge in [0, 0.05) is 23.8 Å². The zero-order valence-electron chi connectivity index (χ0n) is 20.6. The highest BCUT2D eigenvalue weighted by molar-refractivity contribution is 5.90. The summed E-state index contributed by atoms with van der Waals surface area (Å²) < 4.78 is 21.9. The Hall–Kier alpha value is -3.12. The fourth-order valence-corrected chi connectivity index (χ4v) is 3.57. The molecule has 6 heteroatoms. The lowest BCUT2D eigenvalue weighted by Crippen LogP contribution is -2.15. The third-order valence-electron chi connectivity index (χ3n) is 5.54. The smallest absolute Gasteiger partial charge is 0.457 e. The summed E-state index contributed by atoms with van der Waals surface area (Å²) in [7, 11) is 1.54. The number of carbonyl (C=O) groups excluding carboxylic acids is 1. The van der Waals surface area contributed by atoms with Crippen LogP contribution >= 0.6 is 0 Å². The van der Waals surface area contributed by atoms with E-state index in [0.717, 1.165) is 28.1 Å². The van der Waals surface area contributed by atoms with Crippen molar-refractivity contribution in [3.63, 3.8) is 0 Å². The summed E-state index contributed by atoms with van der Waals surface area (Å²) in [6, 6.07) is 11.9. The molecule has 0 aliphatic heterocycles. The molecule has 3 aromatic rings. The molecular formula is C27H33NO5. The van der Waals surface area contributed by atoms with E-state index in [1.54, 1.807) is 7.11 Å². The topological polar surface area (TPSA) is 66.9 Å². The molecule has 6 nitrogen and oxygen atoms in total. The van der Waals surface area contributed by atoms with Gasteiger partial charge in [0.05, 0.1) is 12.1 Å². The summed E-state index contributed by atoms with van der Waals surface area (Å²) in [4.78, 5) is 17.1. The number of rotatable bonds is 7. The lowest BCUT2D eigenvalue weighted by molar-refractivity contribution is 0.0687. The van der Waals surface area contributed by atoms with Crippen LogP contribution in [0.5, 0.6) is 17.2 Å². The number of methoxy groups -OCH3 is 1. The second-order valence-electron chi connectivity index (χ2n) is 9.07. The summed E-state index contributed by atoms with van der Waals surface area (Å²) >= 11 is 0. The molecule has 0 bridgehead atoms. The van der Waals surface area contributed by atoms with E-state index in [9.17, 15) is 4.79 Å². The summed E-state index contributed by atoms with van der Waals surface area (Å²) in [6.07, 6.45) is -0.0561. The maximum Gasteiger partial charge on any atom is 0.513 e. The van der Waals surface area contributed by atoms with Crippen LogP contribution in [0, 0.1) is 13.8 Å². The van der Waals surface area contributed by atoms with Gasteiger partial charge in [-0.25, -0.2) is 4.79 Å². The molecule has 3 rings (SSSR count). The van der Waals surface area contributed by atoms with Gasteiger partial charge in [-0.15, -0.1) is 0 Å². The molecule has 176 valence electrons. The average molecular weight is 452 g/mol. The zero-order chi connectivity index (χ0) is 24.2. The molecule has 0 aliphatic carbocycles. The van der Waals surface area contributed by atoms with E-state index in [1.807, 2.05) is 45.0 Å². The standard InChI is InChI=1S/C27H33NO5/c1-8-22-18(3)25(33-26(29)31-14-13-30-7)21-16-24(17(2)15-23(21)28-22)32-20-11-9-19(10-12-20)27(4,5)6/h9-12,15-16H,8,13-14H2,1-7H3. The first-order chi connectivity index (χ1) is 15.6. The van der Waals surface area contributed by atoms with E-state index in [2.05, 4.69) is 32.9 Å². The Morgan fingerprint density at radius 2 is 1.73 bits per heavy atom. The van der Waals surface area contributed by atoms with Crippen molar-refractivity contribution in [2.75, 3.05) is 20.3 Å². The molecule has 0 unspecified atom stereocenters. The Morgan fingerprint density at radius 3 is 2.33 bits per heavy atom. The molecule has 1 aromatic heterocycles. The van der Waals surface area contributed by atoms with Crippen LogP contribution in [-0.4, -0.2) is 31.5 Å². The number of aryl methyl sites for hydroxylation is 2. The summed E-state index contributed by atoms with van der Waals surface area (Å²) in [6.45, 7) is 12.9. The number of benzene rings is 2. The lowest BCUT2D eigenvalue weighted by atomic mass is 9.87. The van der Waals surface area contributed by atoms with Gasteiger partial charge in [0.1, 0.15) is 23.9 Å². The molecule has 0 radical (unpaired) electrons. The second kappa shape index (κ2) is 10.2. The van der Waals surface area contributed by atoms with Crippen molar-refractivity contribution < 1.29 is 23.7 Å². The number of aromatic nitrogens is 1. The number of carbonyl (C=O) groups is 1. The molecular weight excluding hydrogens is 418 g/mol. The van der Waals surface area contributed by atoms with E-state index >= 15 is 0 Å². The number of hydrogen-bond donors (Lipinski definition) is 0. The first kappa shape index (κ1) is 24.5. The van der Waals surface area contributed by atoms with Gasteiger partial charge in [-0.05, 0) is 61.1 Å². The monoisotopic (exact) mass is 451 g/mol. The van der Waals surface area contributed by atoms with Gasteiger partial charge in [-0.1, -0.05) is 39.8 Å². The van der Waals surface area contributed by atoms with Crippen LogP contribution in [0.2, 0.25) is 0 Å². The van der Waals surface area contributed by atoms with Gasteiger partial charge >= 0.3 is 6.16 Å². The highest BCUT2D eigenvalue weighted by Crippen LogP contribution is 2.37. The molecule has 0 fully saturated rings. The largest absolute Gasteiger partial charge is 0.513 e. The minimum Gasteiger partial charge on any atom is -0.457 e. The molecule has 33 heavy (non-hydrogen) atoms. The van der Waals surface area contributed by atoms with Crippen molar-refractivity contribution in [1.82, 2.24) is 4.98 Å². The van der Waals surface area contributed by atoms with E-state index < -0.39 is 6.16 Å². The van der Waals surface area contributed by atoms with Gasteiger partial charge in [0.2, 0.25) is 0 Å². The number of pyridine rings is 1. The van der Waals surface area contributed by atoms with E-state index in [1.165, 1.54) is 5.56 Å². The van der Waals surface area contributed by atoms with Gasteiger partial charge in [0.25, 0.3) is 0 Å². The fraction of sp³-hybridized carbons (Fsp3) is 0.407. The van der Waals surface area contributed by atoms with Gasteiger partial charge in [-0.2, -0.15) is 0 Å². The van der Waals surface area contributed by atoms with Gasteiger partial charge in [0.15, 0.2) is 0 Å². The summed E-state index contributed by atoms with van der Waals surface area (Å²) in [5, 5.41) is 0.695. The van der Waals surface area contributed by atoms with Crippen molar-refractivity contribution in [3.8, 4) is 17.2 Å². The Labute approximate surface area is 195 Å². The van der Waals surface area contributed by atoms with Crippen molar-refractivity contribution >= 4 is 17.1 Å². The molecule has 2 aromatic carbocycles. The number of ether oxygens (including phenoxy) is 4. The second-order valence-corrected chi connectivity index (χ2v) is 9.07. The van der Waals surface area contributed by atoms with Crippen LogP contribution in [-0.2, 0) is 21.3 Å². The highest BCUT2D eigenvalue weighted by Gasteiger charge is 2.19. The van der Waals surface area contributed by atoms with Crippen molar-refractivity contribution in [2.45, 2.75) is 53.4 Å². The van der Waals surface area contributed by atoms with Crippen molar-refractivity contribution in [1.29, 1.82) is 0 Å². The van der Waals surface area contributed by atoms with Crippen LogP contribution in [0.3, 0.4) is 0 Å². The van der Waals surface area contributed by atoms with Crippen LogP contribution in [0.4, 0.5) is 4.79 Å². The van der Waals surface area contributed by atoms with Gasteiger partial charge < -0.3 is 18.9 Å². The summed E-state index contributed by atoms with van der Waals surface area (Å²) in [5.74, 6) is 1.85. The Balaban J connectivity index is 1.99. The Kier molecular flexibility index (Phi) is 7.59. The number of hydrogen-bond acceptors (Lipinski definition) is 6. The quantitative estimate of drug-likeness (QED) is 0.295. The molecule has 0 saturated carbocycles. The molecule has 0 N–H and O–H groups in total. The normalized spacial score (nSPS) is 11.5. The SMILES string of the molecule is CCc1nc2cc(C)c(Oc3ccc(C(C)(C)C)cc3)cc2c(OC(=O)OCCOC)c1C. The van der Waals surface area contributed by atoms with Crippen molar-refractivity contribution in [2.24, 2.45) is 0 Å². The fourth-order valence-electron chi connectivity index (χ4n) is 3.57. The van der Waals surface area contributed by atoms with E-state index in [-0.39, 0.29) is 12.0 Å². The molecule has 0 atom stereocenters. The van der Waals surface area contributed by atoms with Crippen molar-refractivity contribution in [3.05, 3.63) is 58.8 Å². The molecule has 1 heterocycles. The predicted molar refractivity (Wildman–Crippen MR) is 130 cm³/mol. The zero-order valence-corrected chi connectivity index (χ0v) is 20.6. The van der Waals surface area contributed by atoms with E-state index in [4.69, 9.17) is 23.9 Å². The minimum absolute atomic E-state index is 0.0711. The maximum absolute atomic E-state index is 12.3. The minimum atomic E-state index is -0.773. The highest BCUT2D eigenvalue weighted by atomic mass is 16.7. The molecule has 0 saturated heterocycles. The maximum atomic E-state index is 12.3. The van der Waals surface area contributed by atoms with Crippen LogP contribution in [0.25, 0.3) is 10.9 Å². The molecule has 0 amide bonds.